The van der Waals surface area contributed by atoms with Gasteiger partial charge >= 0.3 is 0 Å². The van der Waals surface area contributed by atoms with Crippen LogP contribution in [0.1, 0.15) is 6.42 Å². The number of hydrogen-bond donors (Lipinski definition) is 0. The first kappa shape index (κ1) is 18.5. The Morgan fingerprint density at radius 1 is 0.931 bits per heavy atom. The smallest absolute Gasteiger partial charge is 0.225 e. The molecule has 29 heavy (non-hydrogen) atoms. The van der Waals surface area contributed by atoms with E-state index in [0.717, 1.165) is 30.3 Å². The molecule has 5 rings (SSSR count). The van der Waals surface area contributed by atoms with Gasteiger partial charge in [-0.25, -0.2) is 9.97 Å². The van der Waals surface area contributed by atoms with E-state index in [0.29, 0.717) is 5.92 Å². The molecule has 0 N–H and O–H groups in total. The first-order valence-corrected chi connectivity index (χ1v) is 10.7. The van der Waals surface area contributed by atoms with Gasteiger partial charge in [0.2, 0.25) is 5.95 Å². The molecule has 0 bridgehead atoms. The molecule has 5 heteroatoms. The molecule has 2 aliphatic heterocycles. The van der Waals surface area contributed by atoms with Gasteiger partial charge in [0.1, 0.15) is 0 Å². The second-order valence-corrected chi connectivity index (χ2v) is 8.51. The fraction of sp³-hybridized carbons (Fsp3) is 0.417. The molecule has 3 aromatic rings. The largest absolute Gasteiger partial charge is 0.340 e. The summed E-state index contributed by atoms with van der Waals surface area (Å²) in [6.07, 6.45) is 3.14. The molecule has 0 saturated carbocycles. The quantitative estimate of drug-likeness (QED) is 0.686. The highest BCUT2D eigenvalue weighted by Gasteiger charge is 2.27. The number of aromatic nitrogens is 2. The number of rotatable bonds is 4. The van der Waals surface area contributed by atoms with Crippen molar-refractivity contribution in [3.05, 3.63) is 54.7 Å². The van der Waals surface area contributed by atoms with Crippen molar-refractivity contribution in [3.8, 4) is 11.3 Å². The monoisotopic (exact) mass is 387 g/mol. The first-order chi connectivity index (χ1) is 14.2. The second-order valence-electron chi connectivity index (χ2n) is 8.51. The number of fused-ring (bicyclic) bond motifs is 1. The summed E-state index contributed by atoms with van der Waals surface area (Å²) in [6, 6.07) is 17.1. The van der Waals surface area contributed by atoms with E-state index in [2.05, 4.69) is 69.2 Å². The van der Waals surface area contributed by atoms with Gasteiger partial charge in [-0.1, -0.05) is 36.4 Å². The minimum absolute atomic E-state index is 0.714. The molecule has 3 heterocycles. The van der Waals surface area contributed by atoms with Crippen LogP contribution in [0.4, 0.5) is 5.95 Å². The van der Waals surface area contributed by atoms with E-state index in [1.807, 2.05) is 12.3 Å². The van der Waals surface area contributed by atoms with Crippen LogP contribution in [0.3, 0.4) is 0 Å². The maximum Gasteiger partial charge on any atom is 0.225 e. The van der Waals surface area contributed by atoms with Crippen LogP contribution >= 0.6 is 0 Å². The van der Waals surface area contributed by atoms with Crippen molar-refractivity contribution in [1.82, 2.24) is 19.8 Å². The maximum absolute atomic E-state index is 4.92. The molecule has 1 aromatic heterocycles. The van der Waals surface area contributed by atoms with Gasteiger partial charge in [0.05, 0.1) is 5.69 Å². The fourth-order valence-electron chi connectivity index (χ4n) is 4.57. The number of likely N-dealkylation sites (N-methyl/N-ethyl adjacent to an activating group) is 1. The molecule has 2 aromatic carbocycles. The minimum atomic E-state index is 0.714. The molecular weight excluding hydrogens is 358 g/mol. The zero-order valence-corrected chi connectivity index (χ0v) is 17.2. The van der Waals surface area contributed by atoms with Crippen LogP contribution in [-0.4, -0.2) is 72.6 Å². The highest BCUT2D eigenvalue weighted by atomic mass is 15.3. The van der Waals surface area contributed by atoms with Crippen molar-refractivity contribution in [3.63, 3.8) is 0 Å². The van der Waals surface area contributed by atoms with Gasteiger partial charge in [-0.3, -0.25) is 0 Å². The van der Waals surface area contributed by atoms with E-state index in [4.69, 9.17) is 4.98 Å². The van der Waals surface area contributed by atoms with Crippen LogP contribution in [0, 0.1) is 5.92 Å². The number of piperazine rings is 1. The molecule has 1 atom stereocenters. The van der Waals surface area contributed by atoms with Crippen LogP contribution in [0.25, 0.3) is 22.0 Å². The average Bonchev–Trinajstić information content (AvgIpc) is 3.24. The lowest BCUT2D eigenvalue weighted by molar-refractivity contribution is 0.139. The summed E-state index contributed by atoms with van der Waals surface area (Å²) in [5, 5.41) is 2.51. The normalized spacial score (nSPS) is 21.1. The lowest BCUT2D eigenvalue weighted by Crippen LogP contribution is -2.46. The zero-order chi connectivity index (χ0) is 19.6. The molecule has 150 valence electrons. The van der Waals surface area contributed by atoms with Crippen molar-refractivity contribution in [2.45, 2.75) is 6.42 Å². The van der Waals surface area contributed by atoms with Gasteiger partial charge in [0.15, 0.2) is 0 Å². The van der Waals surface area contributed by atoms with Gasteiger partial charge in [0.25, 0.3) is 0 Å². The molecule has 0 radical (unpaired) electrons. The molecular formula is C24H29N5. The molecule has 0 aliphatic carbocycles. The van der Waals surface area contributed by atoms with E-state index < -0.39 is 0 Å². The summed E-state index contributed by atoms with van der Waals surface area (Å²) < 4.78 is 0. The van der Waals surface area contributed by atoms with E-state index >= 15 is 0 Å². The van der Waals surface area contributed by atoms with E-state index in [1.165, 1.54) is 49.9 Å². The van der Waals surface area contributed by atoms with Gasteiger partial charge in [-0.2, -0.15) is 0 Å². The van der Waals surface area contributed by atoms with E-state index in [9.17, 15) is 0 Å². The Balaban J connectivity index is 1.28. The molecule has 0 spiro atoms. The van der Waals surface area contributed by atoms with Crippen LogP contribution in [-0.2, 0) is 0 Å². The van der Waals surface area contributed by atoms with Crippen LogP contribution in [0.2, 0.25) is 0 Å². The molecule has 2 aliphatic rings. The summed E-state index contributed by atoms with van der Waals surface area (Å²) in [5.41, 5.74) is 2.16. The van der Waals surface area contributed by atoms with E-state index in [-0.39, 0.29) is 0 Å². The van der Waals surface area contributed by atoms with E-state index in [1.54, 1.807) is 0 Å². The molecule has 5 nitrogen and oxygen atoms in total. The van der Waals surface area contributed by atoms with Crippen molar-refractivity contribution >= 4 is 16.7 Å². The minimum Gasteiger partial charge on any atom is -0.340 e. The Bertz CT molecular complexity index is 980. The SMILES string of the molecule is CN1CCN(C[C@@H]2CCN(c3nccc(-c4ccc5ccccc5c4)n3)C2)CC1. The third-order valence-corrected chi connectivity index (χ3v) is 6.37. The van der Waals surface area contributed by atoms with Crippen molar-refractivity contribution in [2.24, 2.45) is 5.92 Å². The Morgan fingerprint density at radius 2 is 1.76 bits per heavy atom. The van der Waals surface area contributed by atoms with Crippen molar-refractivity contribution in [1.29, 1.82) is 0 Å². The number of nitrogens with zero attached hydrogens (tertiary/aromatic N) is 5. The summed E-state index contributed by atoms with van der Waals surface area (Å²) >= 11 is 0. The lowest BCUT2D eigenvalue weighted by atomic mass is 10.1. The van der Waals surface area contributed by atoms with Crippen LogP contribution in [0.15, 0.2) is 54.7 Å². The molecule has 2 saturated heterocycles. The lowest BCUT2D eigenvalue weighted by Gasteiger charge is -2.33. The topological polar surface area (TPSA) is 35.5 Å². The van der Waals surface area contributed by atoms with Gasteiger partial charge in [-0.05, 0) is 42.3 Å². The van der Waals surface area contributed by atoms with Gasteiger partial charge in [-0.15, -0.1) is 0 Å². The average molecular weight is 388 g/mol. The van der Waals surface area contributed by atoms with Crippen LogP contribution < -0.4 is 4.90 Å². The molecule has 2 fully saturated rings. The Morgan fingerprint density at radius 3 is 2.62 bits per heavy atom. The predicted octanol–water partition coefficient (Wildman–Crippen LogP) is 3.37. The number of anilines is 1. The summed E-state index contributed by atoms with van der Waals surface area (Å²) in [5.74, 6) is 1.59. The number of hydrogen-bond acceptors (Lipinski definition) is 5. The first-order valence-electron chi connectivity index (χ1n) is 10.7. The summed E-state index contributed by atoms with van der Waals surface area (Å²) in [6.45, 7) is 8.09. The van der Waals surface area contributed by atoms with Gasteiger partial charge in [0, 0.05) is 57.6 Å². The fourth-order valence-corrected chi connectivity index (χ4v) is 4.57. The van der Waals surface area contributed by atoms with Crippen LogP contribution in [0.5, 0.6) is 0 Å². The maximum atomic E-state index is 4.92. The van der Waals surface area contributed by atoms with Crippen molar-refractivity contribution in [2.75, 3.05) is 57.8 Å². The van der Waals surface area contributed by atoms with Crippen molar-refractivity contribution < 1.29 is 0 Å². The summed E-state index contributed by atoms with van der Waals surface area (Å²) in [7, 11) is 2.22. The Hall–Kier alpha value is -2.50. The second kappa shape index (κ2) is 8.09. The summed E-state index contributed by atoms with van der Waals surface area (Å²) in [4.78, 5) is 16.9. The molecule has 0 unspecified atom stereocenters. The highest BCUT2D eigenvalue weighted by Crippen LogP contribution is 2.26. The standard InChI is InChI=1S/C24H29N5/c1-27-12-14-28(15-13-27)17-19-9-11-29(18-19)24-25-10-8-23(26-24)22-7-6-20-4-2-3-5-21(20)16-22/h2-8,10,16,19H,9,11-15,17-18H2,1H3/t19-/m0/s1. The highest BCUT2D eigenvalue weighted by molar-refractivity contribution is 5.86. The predicted molar refractivity (Wildman–Crippen MR) is 119 cm³/mol. The Labute approximate surface area is 173 Å². The number of benzene rings is 2. The third-order valence-electron chi connectivity index (χ3n) is 6.37. The zero-order valence-electron chi connectivity index (χ0n) is 17.2. The Kier molecular flexibility index (Phi) is 5.17. The third kappa shape index (κ3) is 4.11. The molecule has 0 amide bonds. The van der Waals surface area contributed by atoms with Gasteiger partial charge < -0.3 is 14.7 Å².